The number of aromatic nitrogens is 2. The van der Waals surface area contributed by atoms with Crippen molar-refractivity contribution in [2.75, 3.05) is 0 Å². The lowest BCUT2D eigenvalue weighted by Gasteiger charge is -2.01. The monoisotopic (exact) mass is 254 g/mol. The summed E-state index contributed by atoms with van der Waals surface area (Å²) >= 11 is 0. The molecule has 0 radical (unpaired) electrons. The van der Waals surface area contributed by atoms with Crippen molar-refractivity contribution in [1.82, 2.24) is 9.38 Å². The lowest BCUT2D eigenvalue weighted by atomic mass is 10.1. The largest absolute Gasteiger partial charge is 0.301 e. The number of benzene rings is 1. The maximum atomic E-state index is 13.3. The van der Waals surface area contributed by atoms with Gasteiger partial charge in [-0.05, 0) is 31.0 Å². The summed E-state index contributed by atoms with van der Waals surface area (Å²) in [6, 6.07) is 11.5. The van der Waals surface area contributed by atoms with Gasteiger partial charge in [-0.1, -0.05) is 31.2 Å². The van der Waals surface area contributed by atoms with Crippen LogP contribution in [0.3, 0.4) is 0 Å². The van der Waals surface area contributed by atoms with Crippen molar-refractivity contribution in [2.45, 2.75) is 20.3 Å². The zero-order chi connectivity index (χ0) is 13.4. The van der Waals surface area contributed by atoms with Crippen LogP contribution in [0.5, 0.6) is 0 Å². The van der Waals surface area contributed by atoms with Crippen LogP contribution in [0.1, 0.15) is 18.2 Å². The summed E-state index contributed by atoms with van der Waals surface area (Å²) < 4.78 is 15.1. The van der Waals surface area contributed by atoms with E-state index in [1.807, 2.05) is 6.92 Å². The van der Waals surface area contributed by atoms with Crippen molar-refractivity contribution >= 4 is 5.65 Å². The van der Waals surface area contributed by atoms with Crippen molar-refractivity contribution < 1.29 is 4.39 Å². The highest BCUT2D eigenvalue weighted by molar-refractivity contribution is 5.66. The highest BCUT2D eigenvalue weighted by Gasteiger charge is 2.10. The van der Waals surface area contributed by atoms with Crippen LogP contribution in [0.15, 0.2) is 42.6 Å². The normalized spacial score (nSPS) is 11.1. The molecule has 0 saturated heterocycles. The van der Waals surface area contributed by atoms with Crippen LogP contribution in [0.25, 0.3) is 16.9 Å². The van der Waals surface area contributed by atoms with E-state index < -0.39 is 0 Å². The average Bonchev–Trinajstić information content (AvgIpc) is 2.76. The van der Waals surface area contributed by atoms with E-state index in [-0.39, 0.29) is 5.82 Å². The van der Waals surface area contributed by atoms with Gasteiger partial charge in [0.1, 0.15) is 11.5 Å². The maximum Gasteiger partial charge on any atom is 0.139 e. The Bertz CT molecular complexity index is 726. The van der Waals surface area contributed by atoms with Crippen LogP contribution in [0.4, 0.5) is 4.39 Å². The van der Waals surface area contributed by atoms with E-state index in [0.29, 0.717) is 0 Å². The molecule has 3 rings (SSSR count). The third kappa shape index (κ3) is 2.01. The number of rotatable bonds is 2. The number of halogens is 1. The third-order valence-electron chi connectivity index (χ3n) is 3.46. The van der Waals surface area contributed by atoms with Crippen LogP contribution in [-0.4, -0.2) is 9.38 Å². The summed E-state index contributed by atoms with van der Waals surface area (Å²) in [6.07, 6.45) is 2.50. The minimum Gasteiger partial charge on any atom is -0.301 e. The quantitative estimate of drug-likeness (QED) is 0.675. The van der Waals surface area contributed by atoms with Gasteiger partial charge in [0.2, 0.25) is 0 Å². The lowest BCUT2D eigenvalue weighted by Crippen LogP contribution is -1.89. The third-order valence-corrected chi connectivity index (χ3v) is 3.46. The predicted octanol–water partition coefficient (Wildman–Crippen LogP) is 4.01. The fourth-order valence-electron chi connectivity index (χ4n) is 2.31. The summed E-state index contributed by atoms with van der Waals surface area (Å²) in [5.74, 6) is -0.249. The Morgan fingerprint density at radius 3 is 2.53 bits per heavy atom. The molecule has 3 heteroatoms. The van der Waals surface area contributed by atoms with E-state index in [4.69, 9.17) is 0 Å². The van der Waals surface area contributed by atoms with E-state index in [1.165, 1.54) is 17.8 Å². The Balaban J connectivity index is 2.16. The number of nitrogens with zero attached hydrogens (tertiary/aromatic N) is 2. The van der Waals surface area contributed by atoms with Gasteiger partial charge in [-0.15, -0.1) is 0 Å². The minimum atomic E-state index is -0.249. The van der Waals surface area contributed by atoms with Crippen LogP contribution >= 0.6 is 0 Å². The minimum absolute atomic E-state index is 0.249. The molecule has 0 fully saturated rings. The molecule has 0 amide bonds. The highest BCUT2D eigenvalue weighted by atomic mass is 19.1. The summed E-state index contributed by atoms with van der Waals surface area (Å²) in [5, 5.41) is 0. The first-order valence-corrected chi connectivity index (χ1v) is 6.42. The molecule has 0 aliphatic carbocycles. The molecule has 2 nitrogen and oxygen atoms in total. The number of hydrogen-bond acceptors (Lipinski definition) is 1. The number of pyridine rings is 1. The first kappa shape index (κ1) is 11.9. The molecule has 0 atom stereocenters. The first-order chi connectivity index (χ1) is 9.19. The molecule has 0 spiro atoms. The molecule has 0 bridgehead atoms. The zero-order valence-corrected chi connectivity index (χ0v) is 11.0. The number of imidazole rings is 1. The second kappa shape index (κ2) is 4.50. The Morgan fingerprint density at radius 2 is 1.84 bits per heavy atom. The maximum absolute atomic E-state index is 13.3. The van der Waals surface area contributed by atoms with Crippen LogP contribution in [-0.2, 0) is 6.42 Å². The fourth-order valence-corrected chi connectivity index (χ4v) is 2.31. The van der Waals surface area contributed by atoms with Crippen molar-refractivity contribution in [2.24, 2.45) is 0 Å². The topological polar surface area (TPSA) is 17.3 Å². The molecule has 19 heavy (non-hydrogen) atoms. The van der Waals surface area contributed by atoms with Gasteiger partial charge in [-0.2, -0.15) is 0 Å². The Morgan fingerprint density at radius 1 is 1.11 bits per heavy atom. The second-order valence-corrected chi connectivity index (χ2v) is 4.67. The number of hydrogen-bond donors (Lipinski definition) is 0. The molecule has 1 aromatic carbocycles. The molecule has 0 aliphatic rings. The summed E-state index contributed by atoms with van der Waals surface area (Å²) in [6.45, 7) is 4.09. The van der Waals surface area contributed by atoms with Gasteiger partial charge in [-0.3, -0.25) is 0 Å². The SMILES string of the molecule is CCc1ccc(-c2nc3ccc(F)cn3c2C)cc1. The summed E-state index contributed by atoms with van der Waals surface area (Å²) in [5.41, 5.74) is 5.01. The molecule has 2 heterocycles. The van der Waals surface area contributed by atoms with E-state index >= 15 is 0 Å². The first-order valence-electron chi connectivity index (χ1n) is 6.42. The van der Waals surface area contributed by atoms with Crippen molar-refractivity contribution in [3.63, 3.8) is 0 Å². The van der Waals surface area contributed by atoms with E-state index in [0.717, 1.165) is 29.0 Å². The van der Waals surface area contributed by atoms with Gasteiger partial charge in [-0.25, -0.2) is 9.37 Å². The smallest absolute Gasteiger partial charge is 0.139 e. The average molecular weight is 254 g/mol. The highest BCUT2D eigenvalue weighted by Crippen LogP contribution is 2.24. The van der Waals surface area contributed by atoms with Crippen LogP contribution < -0.4 is 0 Å². The Kier molecular flexibility index (Phi) is 2.82. The molecule has 2 aromatic heterocycles. The molecular formula is C16H15FN2. The summed E-state index contributed by atoms with van der Waals surface area (Å²) in [4.78, 5) is 4.58. The van der Waals surface area contributed by atoms with Gasteiger partial charge < -0.3 is 4.40 Å². The van der Waals surface area contributed by atoms with Crippen molar-refractivity contribution in [3.8, 4) is 11.3 Å². The van der Waals surface area contributed by atoms with Gasteiger partial charge >= 0.3 is 0 Å². The molecular weight excluding hydrogens is 239 g/mol. The van der Waals surface area contributed by atoms with E-state index in [2.05, 4.69) is 36.2 Å². The molecule has 0 N–H and O–H groups in total. The van der Waals surface area contributed by atoms with Crippen molar-refractivity contribution in [1.29, 1.82) is 0 Å². The van der Waals surface area contributed by atoms with Crippen LogP contribution in [0, 0.1) is 12.7 Å². The van der Waals surface area contributed by atoms with Gasteiger partial charge in [0.25, 0.3) is 0 Å². The molecule has 0 saturated carbocycles. The molecule has 3 aromatic rings. The predicted molar refractivity (Wildman–Crippen MR) is 74.7 cm³/mol. The van der Waals surface area contributed by atoms with Gasteiger partial charge in [0.15, 0.2) is 0 Å². The van der Waals surface area contributed by atoms with Gasteiger partial charge in [0, 0.05) is 17.5 Å². The molecule has 0 unspecified atom stereocenters. The summed E-state index contributed by atoms with van der Waals surface area (Å²) in [7, 11) is 0. The van der Waals surface area contributed by atoms with E-state index in [1.54, 1.807) is 10.5 Å². The fraction of sp³-hybridized carbons (Fsp3) is 0.188. The molecule has 0 aliphatic heterocycles. The van der Waals surface area contributed by atoms with E-state index in [9.17, 15) is 4.39 Å². The standard InChI is InChI=1S/C16H15FN2/c1-3-12-4-6-13(7-5-12)16-11(2)19-10-14(17)8-9-15(19)18-16/h4-10H,3H2,1-2H3. The molecule has 96 valence electrons. The second-order valence-electron chi connectivity index (χ2n) is 4.67. The number of aryl methyl sites for hydroxylation is 2. The number of fused-ring (bicyclic) bond motifs is 1. The van der Waals surface area contributed by atoms with Gasteiger partial charge in [0.05, 0.1) is 5.69 Å². The Hall–Kier alpha value is -2.16. The lowest BCUT2D eigenvalue weighted by molar-refractivity contribution is 0.618. The van der Waals surface area contributed by atoms with Crippen LogP contribution in [0.2, 0.25) is 0 Å². The zero-order valence-electron chi connectivity index (χ0n) is 11.0. The Labute approximate surface area is 111 Å². The van der Waals surface area contributed by atoms with Crippen molar-refractivity contribution in [3.05, 3.63) is 59.7 Å².